The van der Waals surface area contributed by atoms with E-state index in [4.69, 9.17) is 21.4 Å². The molecule has 0 aliphatic rings. The summed E-state index contributed by atoms with van der Waals surface area (Å²) in [5.41, 5.74) is 0.556. The number of anilines is 1. The van der Waals surface area contributed by atoms with Crippen LogP contribution in [0.15, 0.2) is 18.2 Å². The second-order valence-electron chi connectivity index (χ2n) is 5.03. The summed E-state index contributed by atoms with van der Waals surface area (Å²) in [6.45, 7) is 5.09. The van der Waals surface area contributed by atoms with Gasteiger partial charge in [0.25, 0.3) is 0 Å². The number of rotatable bonds is 8. The van der Waals surface area contributed by atoms with Gasteiger partial charge in [0.2, 0.25) is 5.91 Å². The van der Waals surface area contributed by atoms with Crippen LogP contribution in [0, 0.1) is 0 Å². The van der Waals surface area contributed by atoms with Crippen molar-refractivity contribution in [2.45, 2.75) is 26.3 Å². The van der Waals surface area contributed by atoms with E-state index in [1.54, 1.807) is 25.3 Å². The van der Waals surface area contributed by atoms with Crippen LogP contribution >= 0.6 is 11.6 Å². The van der Waals surface area contributed by atoms with E-state index in [0.717, 1.165) is 0 Å². The summed E-state index contributed by atoms with van der Waals surface area (Å²) < 4.78 is 5.20. The lowest BCUT2D eigenvalue weighted by Gasteiger charge is -2.25. The largest absolute Gasteiger partial charge is 0.495 e. The summed E-state index contributed by atoms with van der Waals surface area (Å²) in [4.78, 5) is 14.2. The molecule has 0 heterocycles. The van der Waals surface area contributed by atoms with Crippen molar-refractivity contribution in [3.8, 4) is 5.75 Å². The van der Waals surface area contributed by atoms with Crippen molar-refractivity contribution in [1.82, 2.24) is 4.90 Å². The maximum atomic E-state index is 12.2. The van der Waals surface area contributed by atoms with Gasteiger partial charge >= 0.3 is 0 Å². The van der Waals surface area contributed by atoms with Crippen molar-refractivity contribution in [2.24, 2.45) is 0 Å². The second-order valence-corrected chi connectivity index (χ2v) is 5.47. The number of halogens is 1. The number of aliphatic hydroxyl groups is 1. The molecule has 118 valence electrons. The average Bonchev–Trinajstić information content (AvgIpc) is 2.43. The van der Waals surface area contributed by atoms with Gasteiger partial charge in [0.05, 0.1) is 19.3 Å². The fourth-order valence-electron chi connectivity index (χ4n) is 1.95. The Balaban J connectivity index is 2.69. The van der Waals surface area contributed by atoms with Crippen LogP contribution in [0.5, 0.6) is 5.75 Å². The van der Waals surface area contributed by atoms with Gasteiger partial charge in [-0.1, -0.05) is 11.6 Å². The van der Waals surface area contributed by atoms with Gasteiger partial charge in [0.1, 0.15) is 5.75 Å². The molecule has 1 rings (SSSR count). The number of hydrogen-bond acceptors (Lipinski definition) is 4. The number of nitrogens with one attached hydrogen (secondary N) is 1. The lowest BCUT2D eigenvalue weighted by atomic mass is 10.2. The minimum absolute atomic E-state index is 0.118. The third-order valence-corrected chi connectivity index (χ3v) is 3.35. The average molecular weight is 315 g/mol. The number of hydrogen-bond donors (Lipinski definition) is 2. The first-order chi connectivity index (χ1) is 9.97. The molecule has 0 saturated carbocycles. The van der Waals surface area contributed by atoms with Crippen LogP contribution in [0.4, 0.5) is 5.69 Å². The Morgan fingerprint density at radius 3 is 2.76 bits per heavy atom. The Bertz CT molecular complexity index is 466. The predicted octanol–water partition coefficient (Wildman–Crippen LogP) is 2.38. The highest BCUT2D eigenvalue weighted by molar-refractivity contribution is 6.31. The third kappa shape index (κ3) is 5.91. The molecule has 0 aliphatic carbocycles. The van der Waals surface area contributed by atoms with Crippen LogP contribution in [0.25, 0.3) is 0 Å². The fraction of sp³-hybridized carbons (Fsp3) is 0.533. The maximum Gasteiger partial charge on any atom is 0.238 e. The number of ether oxygens (including phenoxy) is 1. The normalized spacial score (nSPS) is 11.0. The summed E-state index contributed by atoms with van der Waals surface area (Å²) in [7, 11) is 1.54. The van der Waals surface area contributed by atoms with Crippen molar-refractivity contribution in [3.63, 3.8) is 0 Å². The van der Waals surface area contributed by atoms with Gasteiger partial charge in [-0.25, -0.2) is 0 Å². The Labute approximate surface area is 130 Å². The summed E-state index contributed by atoms with van der Waals surface area (Å²) in [6.07, 6.45) is 0.645. The number of carbonyl (C=O) groups is 1. The number of carbonyl (C=O) groups excluding carboxylic acids is 1. The Morgan fingerprint density at radius 2 is 2.19 bits per heavy atom. The zero-order chi connectivity index (χ0) is 15.8. The minimum Gasteiger partial charge on any atom is -0.495 e. The van der Waals surface area contributed by atoms with Gasteiger partial charge in [-0.05, 0) is 38.5 Å². The standard InChI is InChI=1S/C15H23ClN2O3/c1-11(2)18(7-4-8-19)10-15(20)17-13-9-12(16)5-6-14(13)21-3/h5-6,9,11,19H,4,7-8,10H2,1-3H3,(H,17,20). The zero-order valence-corrected chi connectivity index (χ0v) is 13.5. The maximum absolute atomic E-state index is 12.2. The molecular weight excluding hydrogens is 292 g/mol. The van der Waals surface area contributed by atoms with Crippen molar-refractivity contribution in [3.05, 3.63) is 23.2 Å². The molecule has 0 aliphatic heterocycles. The Morgan fingerprint density at radius 1 is 1.48 bits per heavy atom. The van der Waals surface area contributed by atoms with Crippen LogP contribution in [-0.2, 0) is 4.79 Å². The molecule has 0 fully saturated rings. The van der Waals surface area contributed by atoms with Crippen molar-refractivity contribution in [1.29, 1.82) is 0 Å². The van der Waals surface area contributed by atoms with E-state index in [2.05, 4.69) is 5.32 Å². The van der Waals surface area contributed by atoms with Crippen molar-refractivity contribution < 1.29 is 14.6 Å². The van der Waals surface area contributed by atoms with Gasteiger partial charge in [-0.15, -0.1) is 0 Å². The van der Waals surface area contributed by atoms with E-state index in [1.807, 2.05) is 18.7 Å². The molecule has 0 spiro atoms. The summed E-state index contributed by atoms with van der Waals surface area (Å²) in [5, 5.41) is 12.3. The highest BCUT2D eigenvalue weighted by Crippen LogP contribution is 2.27. The molecule has 1 amide bonds. The molecular formula is C15H23ClN2O3. The van der Waals surface area contributed by atoms with E-state index < -0.39 is 0 Å². The molecule has 0 unspecified atom stereocenters. The molecule has 0 saturated heterocycles. The summed E-state index contributed by atoms with van der Waals surface area (Å²) >= 11 is 5.94. The van der Waals surface area contributed by atoms with Crippen molar-refractivity contribution >= 4 is 23.2 Å². The SMILES string of the molecule is COc1ccc(Cl)cc1NC(=O)CN(CCCO)C(C)C. The first-order valence-corrected chi connectivity index (χ1v) is 7.34. The van der Waals surface area contributed by atoms with Gasteiger partial charge in [0, 0.05) is 24.2 Å². The highest BCUT2D eigenvalue weighted by Gasteiger charge is 2.15. The molecule has 0 radical (unpaired) electrons. The third-order valence-electron chi connectivity index (χ3n) is 3.12. The van der Waals surface area contributed by atoms with Gasteiger partial charge in [-0.3, -0.25) is 9.69 Å². The Hall–Kier alpha value is -1.30. The second kappa shape index (κ2) is 8.87. The van der Waals surface area contributed by atoms with Gasteiger partial charge in [-0.2, -0.15) is 0 Å². The summed E-state index contributed by atoms with van der Waals surface area (Å²) in [6, 6.07) is 5.30. The van der Waals surface area contributed by atoms with Crippen LogP contribution in [0.1, 0.15) is 20.3 Å². The van der Waals surface area contributed by atoms with E-state index in [1.165, 1.54) is 0 Å². The number of amides is 1. The molecule has 5 nitrogen and oxygen atoms in total. The van der Waals surface area contributed by atoms with Crippen LogP contribution in [-0.4, -0.2) is 48.8 Å². The first-order valence-electron chi connectivity index (χ1n) is 6.96. The predicted molar refractivity (Wildman–Crippen MR) is 85.0 cm³/mol. The van der Waals surface area contributed by atoms with Crippen LogP contribution in [0.3, 0.4) is 0 Å². The van der Waals surface area contributed by atoms with Crippen molar-refractivity contribution in [2.75, 3.05) is 32.1 Å². The molecule has 0 atom stereocenters. The topological polar surface area (TPSA) is 61.8 Å². The smallest absolute Gasteiger partial charge is 0.238 e. The quantitative estimate of drug-likeness (QED) is 0.773. The molecule has 0 aromatic heterocycles. The molecule has 21 heavy (non-hydrogen) atoms. The molecule has 0 bridgehead atoms. The van der Waals surface area contributed by atoms with Crippen LogP contribution in [0.2, 0.25) is 5.02 Å². The van der Waals surface area contributed by atoms with Gasteiger partial charge in [0.15, 0.2) is 0 Å². The minimum atomic E-state index is -0.137. The summed E-state index contributed by atoms with van der Waals surface area (Å²) in [5.74, 6) is 0.432. The molecule has 2 N–H and O–H groups in total. The number of methoxy groups -OCH3 is 1. The monoisotopic (exact) mass is 314 g/mol. The lowest BCUT2D eigenvalue weighted by Crippen LogP contribution is -2.39. The fourth-order valence-corrected chi connectivity index (χ4v) is 2.12. The number of aliphatic hydroxyl groups excluding tert-OH is 1. The molecule has 1 aromatic carbocycles. The number of benzene rings is 1. The molecule has 6 heteroatoms. The first kappa shape index (κ1) is 17.8. The van der Waals surface area contributed by atoms with E-state index in [0.29, 0.717) is 29.4 Å². The lowest BCUT2D eigenvalue weighted by molar-refractivity contribution is -0.117. The van der Waals surface area contributed by atoms with Crippen LogP contribution < -0.4 is 10.1 Å². The van der Waals surface area contributed by atoms with E-state index in [9.17, 15) is 4.79 Å². The Kier molecular flexibility index (Phi) is 7.50. The van der Waals surface area contributed by atoms with E-state index >= 15 is 0 Å². The zero-order valence-electron chi connectivity index (χ0n) is 12.7. The van der Waals surface area contributed by atoms with E-state index in [-0.39, 0.29) is 25.1 Å². The molecule has 1 aromatic rings. The number of nitrogens with zero attached hydrogens (tertiary/aromatic N) is 1. The van der Waals surface area contributed by atoms with Gasteiger partial charge < -0.3 is 15.2 Å². The highest BCUT2D eigenvalue weighted by atomic mass is 35.5.